The van der Waals surface area contributed by atoms with Gasteiger partial charge in [0.1, 0.15) is 6.17 Å². The van der Waals surface area contributed by atoms with Gasteiger partial charge >= 0.3 is 0 Å². The van der Waals surface area contributed by atoms with Crippen LogP contribution in [0, 0.1) is 17.8 Å². The van der Waals surface area contributed by atoms with Gasteiger partial charge in [-0.1, -0.05) is 51.8 Å². The molecule has 32 heavy (non-hydrogen) atoms. The molecular formula is C27H39BN3O. The fourth-order valence-electron chi connectivity index (χ4n) is 5.29. The zero-order valence-corrected chi connectivity index (χ0v) is 20.5. The summed E-state index contributed by atoms with van der Waals surface area (Å²) in [5.41, 5.74) is 6.06. The van der Waals surface area contributed by atoms with E-state index in [0.29, 0.717) is 30.3 Å². The van der Waals surface area contributed by atoms with Gasteiger partial charge in [-0.2, -0.15) is 0 Å². The Balaban J connectivity index is 1.54. The summed E-state index contributed by atoms with van der Waals surface area (Å²) in [6.45, 7) is 12.2. The molecule has 5 heteroatoms. The molecule has 2 heterocycles. The number of carbonyl (C=O) groups is 1. The molecule has 1 radical (unpaired) electrons. The van der Waals surface area contributed by atoms with Crippen molar-refractivity contribution in [1.82, 2.24) is 10.2 Å². The molecule has 0 aromatic rings. The molecule has 0 aromatic carbocycles. The van der Waals surface area contributed by atoms with Crippen molar-refractivity contribution in [3.8, 4) is 0 Å². The molecular weight excluding hydrogens is 393 g/mol. The molecule has 2 aliphatic heterocycles. The minimum atomic E-state index is 0.0684. The number of allylic oxidation sites excluding steroid dienone is 4. The maximum Gasteiger partial charge on any atom is 0.251 e. The molecule has 1 N–H and O–H groups in total. The fraction of sp³-hybridized carbons (Fsp3) is 0.630. The highest BCUT2D eigenvalue weighted by atomic mass is 16.1. The van der Waals surface area contributed by atoms with Crippen LogP contribution < -0.4 is 5.32 Å². The minimum Gasteiger partial charge on any atom is -0.359 e. The van der Waals surface area contributed by atoms with Gasteiger partial charge in [0, 0.05) is 29.8 Å². The number of aliphatic imine (C=N–C) groups is 1. The van der Waals surface area contributed by atoms with Crippen molar-refractivity contribution in [1.29, 1.82) is 0 Å². The topological polar surface area (TPSA) is 44.7 Å². The predicted molar refractivity (Wildman–Crippen MR) is 135 cm³/mol. The highest BCUT2D eigenvalue weighted by Gasteiger charge is 2.36. The molecule has 2 aliphatic carbocycles. The summed E-state index contributed by atoms with van der Waals surface area (Å²) in [6.07, 6.45) is 15.7. The SMILES string of the molecule is CCC1CC(C(C)C(C)CC)=CC=CC1=NC(C)N(C1=CC2=C(C[B]1)CNC2=O)C1CC1. The number of amides is 1. The average Bonchev–Trinajstić information content (AvgIpc) is 3.59. The zero-order chi connectivity index (χ0) is 22.8. The van der Waals surface area contributed by atoms with Crippen molar-refractivity contribution in [2.24, 2.45) is 22.7 Å². The molecule has 0 aromatic heterocycles. The van der Waals surface area contributed by atoms with Crippen LogP contribution >= 0.6 is 0 Å². The third kappa shape index (κ3) is 4.82. The summed E-state index contributed by atoms with van der Waals surface area (Å²) in [4.78, 5) is 20.0. The molecule has 1 fully saturated rings. The van der Waals surface area contributed by atoms with E-state index in [-0.39, 0.29) is 12.1 Å². The standard InChI is InChI=1S/C27H39BN3O/c1-6-17(3)18(4)21-9-8-10-25(20(7-2)13-21)30-19(5)31(23-11-12-23)26-14-24-22(15-28-26)16-29-27(24)32/h8-10,14,17-20,23H,6-7,11-13,15-16H2,1-5H3,(H,29,32). The lowest BCUT2D eigenvalue weighted by Gasteiger charge is -2.34. The van der Waals surface area contributed by atoms with Gasteiger partial charge in [-0.05, 0) is 74.1 Å². The summed E-state index contributed by atoms with van der Waals surface area (Å²) >= 11 is 0. The zero-order valence-electron chi connectivity index (χ0n) is 20.5. The molecule has 1 amide bonds. The lowest BCUT2D eigenvalue weighted by atomic mass is 9.63. The van der Waals surface area contributed by atoms with Crippen molar-refractivity contribution < 1.29 is 4.79 Å². The van der Waals surface area contributed by atoms with Gasteiger partial charge in [0.15, 0.2) is 7.28 Å². The van der Waals surface area contributed by atoms with Crippen LogP contribution in [0.25, 0.3) is 0 Å². The largest absolute Gasteiger partial charge is 0.359 e. The highest BCUT2D eigenvalue weighted by Crippen LogP contribution is 2.36. The highest BCUT2D eigenvalue weighted by molar-refractivity contribution is 6.47. The summed E-state index contributed by atoms with van der Waals surface area (Å²) < 4.78 is 0. The Labute approximate surface area is 195 Å². The maximum atomic E-state index is 12.2. The smallest absolute Gasteiger partial charge is 0.251 e. The molecule has 0 bridgehead atoms. The Kier molecular flexibility index (Phi) is 7.12. The molecule has 4 nitrogen and oxygen atoms in total. The Morgan fingerprint density at radius 1 is 1.25 bits per heavy atom. The van der Waals surface area contributed by atoms with Crippen LogP contribution in [0.3, 0.4) is 0 Å². The van der Waals surface area contributed by atoms with Gasteiger partial charge in [0.05, 0.1) is 0 Å². The normalized spacial score (nSPS) is 27.1. The van der Waals surface area contributed by atoms with E-state index in [1.54, 1.807) is 5.57 Å². The molecule has 4 aliphatic rings. The molecule has 0 spiro atoms. The molecule has 1 saturated carbocycles. The Hall–Kier alpha value is -2.04. The van der Waals surface area contributed by atoms with Gasteiger partial charge in [0.2, 0.25) is 0 Å². The van der Waals surface area contributed by atoms with Crippen LogP contribution in [-0.4, -0.2) is 42.6 Å². The van der Waals surface area contributed by atoms with Crippen LogP contribution in [0.1, 0.15) is 66.7 Å². The van der Waals surface area contributed by atoms with Crippen LogP contribution in [0.5, 0.6) is 0 Å². The fourth-order valence-corrected chi connectivity index (χ4v) is 5.29. The van der Waals surface area contributed by atoms with Crippen molar-refractivity contribution >= 4 is 18.9 Å². The second kappa shape index (κ2) is 9.85. The van der Waals surface area contributed by atoms with E-state index in [4.69, 9.17) is 4.99 Å². The number of rotatable bonds is 8. The quantitative estimate of drug-likeness (QED) is 0.534. The Morgan fingerprint density at radius 2 is 2.03 bits per heavy atom. The second-order valence-electron chi connectivity index (χ2n) is 10.1. The van der Waals surface area contributed by atoms with Crippen LogP contribution in [0.15, 0.2) is 51.6 Å². The molecule has 4 atom stereocenters. The van der Waals surface area contributed by atoms with E-state index in [1.165, 1.54) is 36.1 Å². The van der Waals surface area contributed by atoms with E-state index in [0.717, 1.165) is 24.7 Å². The molecule has 4 rings (SSSR count). The van der Waals surface area contributed by atoms with Gasteiger partial charge in [0.25, 0.3) is 5.91 Å². The minimum absolute atomic E-state index is 0.0684. The first kappa shape index (κ1) is 23.1. The van der Waals surface area contributed by atoms with E-state index in [2.05, 4.69) is 76.4 Å². The third-order valence-corrected chi connectivity index (χ3v) is 7.97. The van der Waals surface area contributed by atoms with E-state index in [9.17, 15) is 4.79 Å². The van der Waals surface area contributed by atoms with Crippen LogP contribution in [0.4, 0.5) is 0 Å². The molecule has 4 unspecified atom stereocenters. The first-order valence-electron chi connectivity index (χ1n) is 12.7. The van der Waals surface area contributed by atoms with Gasteiger partial charge in [-0.15, -0.1) is 0 Å². The maximum absolute atomic E-state index is 12.2. The van der Waals surface area contributed by atoms with E-state index < -0.39 is 0 Å². The van der Waals surface area contributed by atoms with E-state index >= 15 is 0 Å². The molecule has 0 saturated heterocycles. The number of hydrogen-bond acceptors (Lipinski definition) is 3. The van der Waals surface area contributed by atoms with Gasteiger partial charge in [-0.25, -0.2) is 0 Å². The van der Waals surface area contributed by atoms with Crippen molar-refractivity contribution in [2.45, 2.75) is 85.3 Å². The van der Waals surface area contributed by atoms with Crippen LogP contribution in [-0.2, 0) is 4.79 Å². The first-order valence-corrected chi connectivity index (χ1v) is 12.7. The summed E-state index contributed by atoms with van der Waals surface area (Å²) in [5.74, 6) is 1.86. The van der Waals surface area contributed by atoms with Crippen LogP contribution in [0.2, 0.25) is 6.32 Å². The van der Waals surface area contributed by atoms with Crippen molar-refractivity contribution in [3.63, 3.8) is 0 Å². The second-order valence-corrected chi connectivity index (χ2v) is 10.1. The summed E-state index contributed by atoms with van der Waals surface area (Å²) in [5, 5.41) is 2.97. The monoisotopic (exact) mass is 432 g/mol. The molecule has 171 valence electrons. The van der Waals surface area contributed by atoms with Crippen molar-refractivity contribution in [2.75, 3.05) is 6.54 Å². The summed E-state index contributed by atoms with van der Waals surface area (Å²) in [6, 6.07) is 0.539. The first-order chi connectivity index (χ1) is 15.4. The van der Waals surface area contributed by atoms with Crippen molar-refractivity contribution in [3.05, 3.63) is 46.6 Å². The number of nitrogens with zero attached hydrogens (tertiary/aromatic N) is 2. The summed E-state index contributed by atoms with van der Waals surface area (Å²) in [7, 11) is 2.29. The lowest BCUT2D eigenvalue weighted by Crippen LogP contribution is -2.37. The van der Waals surface area contributed by atoms with Gasteiger partial charge < -0.3 is 10.2 Å². The van der Waals surface area contributed by atoms with E-state index in [1.807, 2.05) is 0 Å². The Bertz CT molecular complexity index is 893. The Morgan fingerprint density at radius 3 is 2.72 bits per heavy atom. The number of carbonyl (C=O) groups excluding carboxylic acids is 1. The number of nitrogens with one attached hydrogen (secondary N) is 1. The average molecular weight is 432 g/mol. The predicted octanol–water partition coefficient (Wildman–Crippen LogP) is 5.24. The number of hydrogen-bond donors (Lipinski definition) is 1. The third-order valence-electron chi connectivity index (χ3n) is 7.97. The lowest BCUT2D eigenvalue weighted by molar-refractivity contribution is -0.116. The van der Waals surface area contributed by atoms with Gasteiger partial charge in [-0.3, -0.25) is 9.79 Å².